The van der Waals surface area contributed by atoms with Gasteiger partial charge in [-0.05, 0) is 49.2 Å². The summed E-state index contributed by atoms with van der Waals surface area (Å²) in [5.74, 6) is 0. The van der Waals surface area contributed by atoms with Crippen LogP contribution in [0.1, 0.15) is 11.4 Å². The van der Waals surface area contributed by atoms with Gasteiger partial charge in [-0.1, -0.05) is 35.3 Å². The lowest BCUT2D eigenvalue weighted by molar-refractivity contribution is 0.589. The van der Waals surface area contributed by atoms with Crippen LogP contribution in [0.3, 0.4) is 0 Å². The minimum atomic E-state index is -4.01. The number of benzene rings is 2. The summed E-state index contributed by atoms with van der Waals surface area (Å²) < 4.78 is 30.5. The highest BCUT2D eigenvalue weighted by molar-refractivity contribution is 7.93. The largest absolute Gasteiger partial charge is 0.369 e. The molecular weight excluding hydrogens is 469 g/mol. The van der Waals surface area contributed by atoms with E-state index in [4.69, 9.17) is 23.2 Å². The van der Waals surface area contributed by atoms with E-state index in [2.05, 4.69) is 32.2 Å². The molecule has 1 saturated heterocycles. The molecule has 2 N–H and O–H groups in total. The summed E-state index contributed by atoms with van der Waals surface area (Å²) in [6, 6.07) is 11.4. The molecular formula is C22H25Cl2N5O2S. The Morgan fingerprint density at radius 3 is 2.28 bits per heavy atom. The van der Waals surface area contributed by atoms with Gasteiger partial charge in [-0.2, -0.15) is 5.10 Å². The van der Waals surface area contributed by atoms with Gasteiger partial charge in [0.2, 0.25) is 0 Å². The standard InChI is InChI=1S/C22H25Cl2N5O2S/c1-14-21(15(2)28(3)26-14)27-32(30,31)22-19(23)12-17(13-20(22)24)16-5-4-6-18(11-16)29-9-7-25-8-10-29/h4-6,11-13,25,27H,7-10H2,1-3H3. The van der Waals surface area contributed by atoms with Crippen molar-refractivity contribution in [3.63, 3.8) is 0 Å². The molecule has 10 heteroatoms. The van der Waals surface area contributed by atoms with Crippen LogP contribution < -0.4 is 14.9 Å². The van der Waals surface area contributed by atoms with Crippen LogP contribution in [0, 0.1) is 13.8 Å². The highest BCUT2D eigenvalue weighted by Gasteiger charge is 2.25. The summed E-state index contributed by atoms with van der Waals surface area (Å²) in [4.78, 5) is 2.16. The van der Waals surface area contributed by atoms with Crippen molar-refractivity contribution in [1.29, 1.82) is 0 Å². The first-order valence-corrected chi connectivity index (χ1v) is 12.5. The first-order valence-electron chi connectivity index (χ1n) is 10.3. The van der Waals surface area contributed by atoms with Gasteiger partial charge in [0.25, 0.3) is 10.0 Å². The fourth-order valence-electron chi connectivity index (χ4n) is 3.90. The average molecular weight is 494 g/mol. The topological polar surface area (TPSA) is 79.3 Å². The normalized spacial score (nSPS) is 14.6. The summed E-state index contributed by atoms with van der Waals surface area (Å²) in [5, 5.41) is 7.72. The Hall–Kier alpha value is -2.26. The van der Waals surface area contributed by atoms with Crippen LogP contribution in [0.15, 0.2) is 41.3 Å². The van der Waals surface area contributed by atoms with E-state index in [9.17, 15) is 8.42 Å². The molecule has 0 aliphatic carbocycles. The monoisotopic (exact) mass is 493 g/mol. The number of anilines is 2. The van der Waals surface area contributed by atoms with Gasteiger partial charge in [0.15, 0.2) is 0 Å². The van der Waals surface area contributed by atoms with Crippen LogP contribution >= 0.6 is 23.2 Å². The predicted molar refractivity (Wildman–Crippen MR) is 130 cm³/mol. The minimum Gasteiger partial charge on any atom is -0.369 e. The van der Waals surface area contributed by atoms with Crippen molar-refractivity contribution in [2.24, 2.45) is 7.05 Å². The number of sulfonamides is 1. The molecule has 0 unspecified atom stereocenters. The molecule has 1 aromatic heterocycles. The van der Waals surface area contributed by atoms with Crippen molar-refractivity contribution in [3.05, 3.63) is 57.8 Å². The molecule has 1 aliphatic heterocycles. The Bertz CT molecular complexity index is 1240. The van der Waals surface area contributed by atoms with Gasteiger partial charge in [-0.25, -0.2) is 8.42 Å². The van der Waals surface area contributed by atoms with Crippen LogP contribution in [0.4, 0.5) is 11.4 Å². The first-order chi connectivity index (χ1) is 15.2. The van der Waals surface area contributed by atoms with E-state index in [-0.39, 0.29) is 14.9 Å². The Morgan fingerprint density at radius 2 is 1.69 bits per heavy atom. The number of nitrogens with one attached hydrogen (secondary N) is 2. The van der Waals surface area contributed by atoms with Crippen molar-refractivity contribution in [2.75, 3.05) is 35.8 Å². The van der Waals surface area contributed by atoms with Gasteiger partial charge in [-0.15, -0.1) is 0 Å². The number of nitrogens with zero attached hydrogens (tertiary/aromatic N) is 3. The van der Waals surface area contributed by atoms with Gasteiger partial charge in [0, 0.05) is 38.9 Å². The molecule has 2 aromatic carbocycles. The first kappa shape index (κ1) is 22.9. The van der Waals surface area contributed by atoms with E-state index >= 15 is 0 Å². The van der Waals surface area contributed by atoms with E-state index in [0.717, 1.165) is 43.0 Å². The van der Waals surface area contributed by atoms with Crippen LogP contribution in [0.25, 0.3) is 11.1 Å². The van der Waals surface area contributed by atoms with Gasteiger partial charge in [-0.3, -0.25) is 9.40 Å². The van der Waals surface area contributed by atoms with Crippen molar-refractivity contribution in [3.8, 4) is 11.1 Å². The zero-order valence-corrected chi connectivity index (χ0v) is 20.4. The second-order valence-corrected chi connectivity index (χ2v) is 10.3. The highest BCUT2D eigenvalue weighted by Crippen LogP contribution is 2.37. The summed E-state index contributed by atoms with van der Waals surface area (Å²) in [5.41, 5.74) is 4.47. The number of aromatic nitrogens is 2. The van der Waals surface area contributed by atoms with E-state index < -0.39 is 10.0 Å². The fraction of sp³-hybridized carbons (Fsp3) is 0.318. The van der Waals surface area contributed by atoms with Crippen molar-refractivity contribution in [2.45, 2.75) is 18.7 Å². The van der Waals surface area contributed by atoms with E-state index in [0.29, 0.717) is 17.1 Å². The Labute approximate surface area is 198 Å². The van der Waals surface area contributed by atoms with Crippen molar-refractivity contribution >= 4 is 44.6 Å². The molecule has 170 valence electrons. The van der Waals surface area contributed by atoms with E-state index in [1.165, 1.54) is 0 Å². The van der Waals surface area contributed by atoms with Crippen LogP contribution in [0.5, 0.6) is 0 Å². The third-order valence-corrected chi connectivity index (χ3v) is 7.94. The quantitative estimate of drug-likeness (QED) is 0.556. The molecule has 1 fully saturated rings. The molecule has 3 aromatic rings. The molecule has 0 saturated carbocycles. The number of aryl methyl sites for hydroxylation is 2. The highest BCUT2D eigenvalue weighted by atomic mass is 35.5. The SMILES string of the molecule is Cc1nn(C)c(C)c1NS(=O)(=O)c1c(Cl)cc(-c2cccc(N3CCNCC3)c2)cc1Cl. The van der Waals surface area contributed by atoms with E-state index in [1.54, 1.807) is 37.7 Å². The Balaban J connectivity index is 1.68. The summed E-state index contributed by atoms with van der Waals surface area (Å²) in [6.07, 6.45) is 0. The number of piperazine rings is 1. The van der Waals surface area contributed by atoms with Crippen molar-refractivity contribution < 1.29 is 8.42 Å². The smallest absolute Gasteiger partial charge is 0.264 e. The second-order valence-electron chi connectivity index (χ2n) is 7.83. The number of rotatable bonds is 5. The zero-order valence-electron chi connectivity index (χ0n) is 18.1. The molecule has 0 bridgehead atoms. The molecule has 0 atom stereocenters. The molecule has 2 heterocycles. The molecule has 32 heavy (non-hydrogen) atoms. The van der Waals surface area contributed by atoms with Gasteiger partial charge >= 0.3 is 0 Å². The lowest BCUT2D eigenvalue weighted by Crippen LogP contribution is -2.43. The summed E-state index contributed by atoms with van der Waals surface area (Å²) in [6.45, 7) is 7.27. The molecule has 7 nitrogen and oxygen atoms in total. The van der Waals surface area contributed by atoms with Crippen LogP contribution in [0.2, 0.25) is 10.0 Å². The number of halogens is 2. The lowest BCUT2D eigenvalue weighted by Gasteiger charge is -2.29. The van der Waals surface area contributed by atoms with Crippen LogP contribution in [-0.2, 0) is 17.1 Å². The fourth-order valence-corrected chi connectivity index (χ4v) is 6.29. The van der Waals surface area contributed by atoms with Gasteiger partial charge in [0.1, 0.15) is 4.90 Å². The molecule has 0 spiro atoms. The van der Waals surface area contributed by atoms with E-state index in [1.807, 2.05) is 12.1 Å². The molecule has 0 radical (unpaired) electrons. The average Bonchev–Trinajstić information content (AvgIpc) is 2.99. The van der Waals surface area contributed by atoms with Gasteiger partial charge < -0.3 is 10.2 Å². The third-order valence-electron chi connectivity index (χ3n) is 5.67. The number of hydrogen-bond acceptors (Lipinski definition) is 5. The lowest BCUT2D eigenvalue weighted by atomic mass is 10.0. The third kappa shape index (κ3) is 4.45. The molecule has 0 amide bonds. The maximum Gasteiger partial charge on any atom is 0.264 e. The Kier molecular flexibility index (Phi) is 6.40. The summed E-state index contributed by atoms with van der Waals surface area (Å²) in [7, 11) is -2.26. The minimum absolute atomic E-state index is 0.0618. The van der Waals surface area contributed by atoms with Crippen molar-refractivity contribution in [1.82, 2.24) is 15.1 Å². The van der Waals surface area contributed by atoms with Gasteiger partial charge in [0.05, 0.1) is 27.1 Å². The maximum atomic E-state index is 13.1. The van der Waals surface area contributed by atoms with Crippen LogP contribution in [-0.4, -0.2) is 44.4 Å². The molecule has 4 rings (SSSR count). The predicted octanol–water partition coefficient (Wildman–Crippen LogP) is 4.22. The zero-order chi connectivity index (χ0) is 23.0. The Morgan fingerprint density at radius 1 is 1.03 bits per heavy atom. The number of hydrogen-bond donors (Lipinski definition) is 2. The molecule has 1 aliphatic rings. The second kappa shape index (κ2) is 8.94. The maximum absolute atomic E-state index is 13.1. The summed E-state index contributed by atoms with van der Waals surface area (Å²) >= 11 is 12.9.